The number of hydrogen-bond donors (Lipinski definition) is 1. The van der Waals surface area contributed by atoms with Gasteiger partial charge in [0.2, 0.25) is 0 Å². The molecule has 122 valence electrons. The van der Waals surface area contributed by atoms with Crippen molar-refractivity contribution in [2.24, 2.45) is 0 Å². The van der Waals surface area contributed by atoms with Gasteiger partial charge in [0.15, 0.2) is 0 Å². The van der Waals surface area contributed by atoms with Gasteiger partial charge in [0, 0.05) is 5.56 Å². The molecule has 23 heavy (non-hydrogen) atoms. The van der Waals surface area contributed by atoms with E-state index in [2.05, 4.69) is 12.2 Å². The molecule has 0 bridgehead atoms. The lowest BCUT2D eigenvalue weighted by molar-refractivity contribution is 0.102. The first-order chi connectivity index (χ1) is 11.0. The van der Waals surface area contributed by atoms with Crippen molar-refractivity contribution in [2.45, 2.75) is 19.8 Å². The van der Waals surface area contributed by atoms with Crippen molar-refractivity contribution in [1.29, 1.82) is 0 Å². The van der Waals surface area contributed by atoms with Crippen LogP contribution in [0.3, 0.4) is 0 Å². The molecule has 2 aromatic carbocycles. The lowest BCUT2D eigenvalue weighted by atomic mass is 10.2. The quantitative estimate of drug-likeness (QED) is 0.493. The molecule has 0 aromatic heterocycles. The van der Waals surface area contributed by atoms with E-state index in [4.69, 9.17) is 39.5 Å². The summed E-state index contributed by atoms with van der Waals surface area (Å²) in [5.41, 5.74) is 0.879. The Labute approximate surface area is 150 Å². The predicted octanol–water partition coefficient (Wildman–Crippen LogP) is 6.08. The normalized spacial score (nSPS) is 10.4. The van der Waals surface area contributed by atoms with Gasteiger partial charge in [-0.25, -0.2) is 0 Å². The van der Waals surface area contributed by atoms with Gasteiger partial charge in [-0.15, -0.1) is 0 Å². The molecule has 6 heteroatoms. The molecule has 0 saturated carbocycles. The van der Waals surface area contributed by atoms with E-state index in [1.54, 1.807) is 18.2 Å². The maximum Gasteiger partial charge on any atom is 0.255 e. The zero-order valence-corrected chi connectivity index (χ0v) is 14.8. The Morgan fingerprint density at radius 2 is 1.83 bits per heavy atom. The first-order valence-electron chi connectivity index (χ1n) is 7.20. The number of benzene rings is 2. The van der Waals surface area contributed by atoms with Crippen LogP contribution < -0.4 is 10.1 Å². The van der Waals surface area contributed by atoms with E-state index >= 15 is 0 Å². The maximum absolute atomic E-state index is 12.3. The number of hydrogen-bond acceptors (Lipinski definition) is 2. The number of amides is 1. The van der Waals surface area contributed by atoms with Gasteiger partial charge in [0.1, 0.15) is 5.75 Å². The van der Waals surface area contributed by atoms with E-state index < -0.39 is 0 Å². The van der Waals surface area contributed by atoms with Crippen molar-refractivity contribution < 1.29 is 9.53 Å². The largest absolute Gasteiger partial charge is 0.494 e. The highest BCUT2D eigenvalue weighted by Crippen LogP contribution is 2.32. The van der Waals surface area contributed by atoms with Gasteiger partial charge >= 0.3 is 0 Å². The van der Waals surface area contributed by atoms with Gasteiger partial charge in [-0.1, -0.05) is 54.2 Å². The predicted molar refractivity (Wildman–Crippen MR) is 96.3 cm³/mol. The fraction of sp³-hybridized carbons (Fsp3) is 0.235. The second-order valence-electron chi connectivity index (χ2n) is 4.93. The average molecular weight is 373 g/mol. The number of rotatable bonds is 6. The second-order valence-corrected chi connectivity index (χ2v) is 6.15. The van der Waals surface area contributed by atoms with E-state index in [1.165, 1.54) is 12.1 Å². The van der Waals surface area contributed by atoms with Crippen LogP contribution in [0.1, 0.15) is 30.1 Å². The summed E-state index contributed by atoms with van der Waals surface area (Å²) >= 11 is 17.9. The summed E-state index contributed by atoms with van der Waals surface area (Å²) in [6.45, 7) is 2.72. The molecule has 0 radical (unpaired) electrons. The number of anilines is 1. The van der Waals surface area contributed by atoms with Crippen LogP contribution in [0, 0.1) is 0 Å². The van der Waals surface area contributed by atoms with Crippen molar-refractivity contribution in [3.63, 3.8) is 0 Å². The molecular weight excluding hydrogens is 357 g/mol. The summed E-state index contributed by atoms with van der Waals surface area (Å²) in [4.78, 5) is 12.3. The van der Waals surface area contributed by atoms with Gasteiger partial charge < -0.3 is 10.1 Å². The minimum Gasteiger partial charge on any atom is -0.494 e. The SMILES string of the molecule is CCCCOc1cccc(C(=O)Nc2cc(Cl)c(Cl)cc2Cl)c1. The molecule has 3 nitrogen and oxygen atoms in total. The van der Waals surface area contributed by atoms with E-state index in [0.29, 0.717) is 38.7 Å². The van der Waals surface area contributed by atoms with Crippen LogP contribution in [0.4, 0.5) is 5.69 Å². The van der Waals surface area contributed by atoms with Crippen LogP contribution in [-0.2, 0) is 0 Å². The van der Waals surface area contributed by atoms with Crippen LogP contribution in [0.15, 0.2) is 36.4 Å². The number of unbranched alkanes of at least 4 members (excludes halogenated alkanes) is 1. The molecule has 0 heterocycles. The molecule has 0 atom stereocenters. The molecule has 1 N–H and O–H groups in total. The molecule has 0 aliphatic heterocycles. The van der Waals surface area contributed by atoms with E-state index in [9.17, 15) is 4.79 Å². The molecule has 2 rings (SSSR count). The molecular formula is C17H16Cl3NO2. The fourth-order valence-electron chi connectivity index (χ4n) is 1.87. The van der Waals surface area contributed by atoms with Crippen molar-refractivity contribution in [3.8, 4) is 5.75 Å². The standard InChI is InChI=1S/C17H16Cl3NO2/c1-2-3-7-23-12-6-4-5-11(8-12)17(22)21-16-10-14(19)13(18)9-15(16)20/h4-6,8-10H,2-3,7H2,1H3,(H,21,22). The van der Waals surface area contributed by atoms with Crippen molar-refractivity contribution >= 4 is 46.4 Å². The number of carbonyl (C=O) groups is 1. The number of carbonyl (C=O) groups excluding carboxylic acids is 1. The summed E-state index contributed by atoms with van der Waals surface area (Å²) in [6, 6.07) is 9.99. The zero-order chi connectivity index (χ0) is 16.8. The topological polar surface area (TPSA) is 38.3 Å². The van der Waals surface area contributed by atoms with E-state index in [0.717, 1.165) is 12.8 Å². The van der Waals surface area contributed by atoms with E-state index in [-0.39, 0.29) is 5.91 Å². The molecule has 0 aliphatic carbocycles. The third-order valence-electron chi connectivity index (χ3n) is 3.12. The minimum absolute atomic E-state index is 0.300. The lowest BCUT2D eigenvalue weighted by Gasteiger charge is -2.10. The highest BCUT2D eigenvalue weighted by molar-refractivity contribution is 6.44. The Morgan fingerprint density at radius 3 is 2.57 bits per heavy atom. The average Bonchev–Trinajstić information content (AvgIpc) is 2.53. The highest BCUT2D eigenvalue weighted by Gasteiger charge is 2.11. The van der Waals surface area contributed by atoms with Gasteiger partial charge in [-0.2, -0.15) is 0 Å². The smallest absolute Gasteiger partial charge is 0.255 e. The number of halogens is 3. The summed E-state index contributed by atoms with van der Waals surface area (Å²) in [5, 5.41) is 3.70. The molecule has 2 aromatic rings. The Balaban J connectivity index is 2.12. The Hall–Kier alpha value is -1.42. The summed E-state index contributed by atoms with van der Waals surface area (Å²) < 4.78 is 5.60. The van der Waals surface area contributed by atoms with Gasteiger partial charge in [0.05, 0.1) is 27.4 Å². The minimum atomic E-state index is -0.300. The highest BCUT2D eigenvalue weighted by atomic mass is 35.5. The fourth-order valence-corrected chi connectivity index (χ4v) is 2.47. The second kappa shape index (κ2) is 8.44. The van der Waals surface area contributed by atoms with Crippen LogP contribution in [0.5, 0.6) is 5.75 Å². The van der Waals surface area contributed by atoms with Crippen LogP contribution in [0.25, 0.3) is 0 Å². The molecule has 0 fully saturated rings. The Kier molecular flexibility index (Phi) is 6.58. The van der Waals surface area contributed by atoms with Crippen LogP contribution >= 0.6 is 34.8 Å². The van der Waals surface area contributed by atoms with E-state index in [1.807, 2.05) is 6.07 Å². The zero-order valence-electron chi connectivity index (χ0n) is 12.5. The number of nitrogens with one attached hydrogen (secondary N) is 1. The van der Waals surface area contributed by atoms with Crippen LogP contribution in [-0.4, -0.2) is 12.5 Å². The first kappa shape index (κ1) is 17.9. The van der Waals surface area contributed by atoms with Crippen LogP contribution in [0.2, 0.25) is 15.1 Å². The van der Waals surface area contributed by atoms with Crippen molar-refractivity contribution in [1.82, 2.24) is 0 Å². The maximum atomic E-state index is 12.3. The third kappa shape index (κ3) is 5.03. The number of ether oxygens (including phenoxy) is 1. The summed E-state index contributed by atoms with van der Waals surface area (Å²) in [5.74, 6) is 0.359. The first-order valence-corrected chi connectivity index (χ1v) is 8.33. The summed E-state index contributed by atoms with van der Waals surface area (Å²) in [6.07, 6.45) is 2.02. The molecule has 0 unspecified atom stereocenters. The lowest BCUT2D eigenvalue weighted by Crippen LogP contribution is -2.12. The molecule has 0 saturated heterocycles. The third-order valence-corrected chi connectivity index (χ3v) is 4.16. The molecule has 0 aliphatic rings. The molecule has 1 amide bonds. The van der Waals surface area contributed by atoms with Crippen molar-refractivity contribution in [2.75, 3.05) is 11.9 Å². The van der Waals surface area contributed by atoms with Crippen molar-refractivity contribution in [3.05, 3.63) is 57.0 Å². The van der Waals surface area contributed by atoms with Gasteiger partial charge in [-0.3, -0.25) is 4.79 Å². The van der Waals surface area contributed by atoms with Gasteiger partial charge in [0.25, 0.3) is 5.91 Å². The summed E-state index contributed by atoms with van der Waals surface area (Å²) in [7, 11) is 0. The van der Waals surface area contributed by atoms with Gasteiger partial charge in [-0.05, 0) is 36.8 Å². The molecule has 0 spiro atoms. The Bertz CT molecular complexity index is 704. The monoisotopic (exact) mass is 371 g/mol. The Morgan fingerprint density at radius 1 is 1.09 bits per heavy atom.